The van der Waals surface area contributed by atoms with Crippen LogP contribution < -0.4 is 15.4 Å². The molecule has 26 heavy (non-hydrogen) atoms. The number of para-hydroxylation sites is 2. The molecule has 0 unspecified atom stereocenters. The Morgan fingerprint density at radius 1 is 1.15 bits per heavy atom. The molecule has 0 fully saturated rings. The Morgan fingerprint density at radius 3 is 2.58 bits per heavy atom. The second-order valence-electron chi connectivity index (χ2n) is 6.70. The van der Waals surface area contributed by atoms with Gasteiger partial charge in [-0.05, 0) is 17.5 Å². The van der Waals surface area contributed by atoms with E-state index in [1.54, 1.807) is 19.2 Å². The van der Waals surface area contributed by atoms with Crippen molar-refractivity contribution in [1.82, 2.24) is 10.2 Å². The third-order valence-electron chi connectivity index (χ3n) is 3.05. The molecule has 140 valence electrons. The number of aromatic nitrogens is 2. The lowest BCUT2D eigenvalue weighted by molar-refractivity contribution is -0.118. The second-order valence-corrected chi connectivity index (χ2v) is 8.90. The monoisotopic (exact) mass is 394 g/mol. The number of methoxy groups -OCH3 is 1. The third kappa shape index (κ3) is 6.64. The standard InChI is InChI=1S/C17H22N4O3S2/c1-17(2,3)9-13(22)19-15-20-21-16(26-15)25-10-14(23)18-11-7-5-6-8-12(11)24-4/h5-8H,9-10H2,1-4H3,(H,18,23)(H,19,20,22). The van der Waals surface area contributed by atoms with Crippen molar-refractivity contribution in [2.24, 2.45) is 5.41 Å². The first-order chi connectivity index (χ1) is 12.3. The van der Waals surface area contributed by atoms with Gasteiger partial charge in [0.05, 0.1) is 18.6 Å². The zero-order chi connectivity index (χ0) is 19.2. The molecule has 0 bridgehead atoms. The van der Waals surface area contributed by atoms with E-state index in [4.69, 9.17) is 4.74 Å². The molecule has 2 N–H and O–H groups in total. The maximum Gasteiger partial charge on any atom is 0.234 e. The fraction of sp³-hybridized carbons (Fsp3) is 0.412. The fourth-order valence-electron chi connectivity index (χ4n) is 2.03. The van der Waals surface area contributed by atoms with E-state index in [2.05, 4.69) is 20.8 Å². The molecule has 0 radical (unpaired) electrons. The van der Waals surface area contributed by atoms with E-state index >= 15 is 0 Å². The van der Waals surface area contributed by atoms with Gasteiger partial charge in [-0.25, -0.2) is 0 Å². The van der Waals surface area contributed by atoms with Crippen LogP contribution in [0.4, 0.5) is 10.8 Å². The molecule has 0 saturated carbocycles. The van der Waals surface area contributed by atoms with Crippen LogP contribution in [-0.4, -0.2) is 34.9 Å². The normalized spacial score (nSPS) is 11.1. The average Bonchev–Trinajstić information content (AvgIpc) is 2.99. The number of nitrogens with one attached hydrogen (secondary N) is 2. The highest BCUT2D eigenvalue weighted by atomic mass is 32.2. The minimum absolute atomic E-state index is 0.0943. The van der Waals surface area contributed by atoms with Crippen LogP contribution in [0, 0.1) is 5.41 Å². The number of carbonyl (C=O) groups excluding carboxylic acids is 2. The van der Waals surface area contributed by atoms with Gasteiger partial charge in [0.25, 0.3) is 0 Å². The summed E-state index contributed by atoms with van der Waals surface area (Å²) < 4.78 is 5.82. The van der Waals surface area contributed by atoms with Crippen LogP contribution in [-0.2, 0) is 9.59 Å². The molecular formula is C17H22N4O3S2. The number of amides is 2. The minimum Gasteiger partial charge on any atom is -0.495 e. The van der Waals surface area contributed by atoms with E-state index in [1.807, 2.05) is 32.9 Å². The maximum absolute atomic E-state index is 12.1. The number of rotatable bonds is 7. The zero-order valence-electron chi connectivity index (χ0n) is 15.2. The van der Waals surface area contributed by atoms with Gasteiger partial charge in [0.1, 0.15) is 5.75 Å². The van der Waals surface area contributed by atoms with Gasteiger partial charge in [0.15, 0.2) is 4.34 Å². The summed E-state index contributed by atoms with van der Waals surface area (Å²) in [6.45, 7) is 5.98. The SMILES string of the molecule is COc1ccccc1NC(=O)CSc1nnc(NC(=O)CC(C)(C)C)s1. The van der Waals surface area contributed by atoms with Crippen LogP contribution in [0.2, 0.25) is 0 Å². The molecule has 0 saturated heterocycles. The highest BCUT2D eigenvalue weighted by Gasteiger charge is 2.17. The van der Waals surface area contributed by atoms with Crippen molar-refractivity contribution >= 4 is 45.7 Å². The molecule has 2 aromatic rings. The molecule has 2 amide bonds. The molecule has 0 atom stereocenters. The largest absolute Gasteiger partial charge is 0.495 e. The molecule has 1 aromatic heterocycles. The molecular weight excluding hydrogens is 372 g/mol. The average molecular weight is 395 g/mol. The van der Waals surface area contributed by atoms with Crippen molar-refractivity contribution in [3.8, 4) is 5.75 Å². The lowest BCUT2D eigenvalue weighted by Gasteiger charge is -2.16. The number of carbonyl (C=O) groups is 2. The lowest BCUT2D eigenvalue weighted by atomic mass is 9.92. The molecule has 0 aliphatic carbocycles. The summed E-state index contributed by atoms with van der Waals surface area (Å²) >= 11 is 2.51. The number of anilines is 2. The topological polar surface area (TPSA) is 93.2 Å². The first-order valence-electron chi connectivity index (χ1n) is 7.96. The van der Waals surface area contributed by atoms with Crippen LogP contribution in [0.5, 0.6) is 5.75 Å². The molecule has 0 aliphatic heterocycles. The summed E-state index contributed by atoms with van der Waals surface area (Å²) in [5.74, 6) is 0.514. The van der Waals surface area contributed by atoms with Crippen LogP contribution in [0.3, 0.4) is 0 Å². The number of thioether (sulfide) groups is 1. The van der Waals surface area contributed by atoms with E-state index in [9.17, 15) is 9.59 Å². The molecule has 0 aliphatic rings. The number of hydrogen-bond acceptors (Lipinski definition) is 7. The van der Waals surface area contributed by atoms with Crippen molar-refractivity contribution in [1.29, 1.82) is 0 Å². The smallest absolute Gasteiger partial charge is 0.234 e. The van der Waals surface area contributed by atoms with Gasteiger partial charge in [0, 0.05) is 6.42 Å². The van der Waals surface area contributed by atoms with Crippen molar-refractivity contribution in [3.63, 3.8) is 0 Å². The predicted octanol–water partition coefficient (Wildman–Crippen LogP) is 3.65. The first kappa shape index (κ1) is 20.2. The quantitative estimate of drug-likeness (QED) is 0.550. The van der Waals surface area contributed by atoms with Crippen LogP contribution in [0.25, 0.3) is 0 Å². The van der Waals surface area contributed by atoms with Gasteiger partial charge in [-0.2, -0.15) is 0 Å². The van der Waals surface area contributed by atoms with E-state index in [0.717, 1.165) is 0 Å². The van der Waals surface area contributed by atoms with E-state index in [0.29, 0.717) is 27.3 Å². The lowest BCUT2D eigenvalue weighted by Crippen LogP contribution is -2.19. The molecule has 7 nitrogen and oxygen atoms in total. The van der Waals surface area contributed by atoms with Crippen molar-refractivity contribution < 1.29 is 14.3 Å². The zero-order valence-corrected chi connectivity index (χ0v) is 16.8. The van der Waals surface area contributed by atoms with Gasteiger partial charge in [-0.15, -0.1) is 10.2 Å². The van der Waals surface area contributed by atoms with Gasteiger partial charge in [0.2, 0.25) is 16.9 Å². The third-order valence-corrected chi connectivity index (χ3v) is 5.02. The first-order valence-corrected chi connectivity index (χ1v) is 9.76. The number of benzene rings is 1. The molecule has 2 rings (SSSR count). The van der Waals surface area contributed by atoms with Crippen molar-refractivity contribution in [2.45, 2.75) is 31.5 Å². The molecule has 9 heteroatoms. The van der Waals surface area contributed by atoms with Crippen LogP contribution in [0.15, 0.2) is 28.6 Å². The van der Waals surface area contributed by atoms with Crippen molar-refractivity contribution in [3.05, 3.63) is 24.3 Å². The Morgan fingerprint density at radius 2 is 1.88 bits per heavy atom. The summed E-state index contributed by atoms with van der Waals surface area (Å²) in [6.07, 6.45) is 0.399. The van der Waals surface area contributed by atoms with Gasteiger partial charge in [-0.3, -0.25) is 9.59 Å². The Labute approximate surface area is 160 Å². The second kappa shape index (κ2) is 9.00. The number of hydrogen-bond donors (Lipinski definition) is 2. The summed E-state index contributed by atoms with van der Waals surface area (Å²) in [6, 6.07) is 7.21. The van der Waals surface area contributed by atoms with Crippen LogP contribution >= 0.6 is 23.1 Å². The van der Waals surface area contributed by atoms with Gasteiger partial charge < -0.3 is 15.4 Å². The Balaban J connectivity index is 1.84. The van der Waals surface area contributed by atoms with Gasteiger partial charge in [-0.1, -0.05) is 56.0 Å². The van der Waals surface area contributed by atoms with E-state index in [1.165, 1.54) is 23.1 Å². The molecule has 0 spiro atoms. The number of ether oxygens (including phenoxy) is 1. The maximum atomic E-state index is 12.1. The summed E-state index contributed by atoms with van der Waals surface area (Å²) in [7, 11) is 1.55. The summed E-state index contributed by atoms with van der Waals surface area (Å²) in [5.41, 5.74) is 0.524. The Kier molecular flexibility index (Phi) is 6.98. The summed E-state index contributed by atoms with van der Waals surface area (Å²) in [5, 5.41) is 13.9. The van der Waals surface area contributed by atoms with E-state index in [-0.39, 0.29) is 23.0 Å². The van der Waals surface area contributed by atoms with Gasteiger partial charge >= 0.3 is 0 Å². The highest BCUT2D eigenvalue weighted by Crippen LogP contribution is 2.28. The Bertz CT molecular complexity index is 771. The minimum atomic E-state index is -0.173. The highest BCUT2D eigenvalue weighted by molar-refractivity contribution is 8.01. The predicted molar refractivity (Wildman–Crippen MR) is 105 cm³/mol. The van der Waals surface area contributed by atoms with Crippen LogP contribution in [0.1, 0.15) is 27.2 Å². The fourth-order valence-corrected chi connectivity index (χ4v) is 3.59. The summed E-state index contributed by atoms with van der Waals surface area (Å²) in [4.78, 5) is 24.0. The number of nitrogens with zero attached hydrogens (tertiary/aromatic N) is 2. The molecule has 1 aromatic carbocycles. The van der Waals surface area contributed by atoms with E-state index < -0.39 is 0 Å². The van der Waals surface area contributed by atoms with Crippen molar-refractivity contribution in [2.75, 3.05) is 23.5 Å². The Hall–Kier alpha value is -2.13. The molecule has 1 heterocycles.